The van der Waals surface area contributed by atoms with Gasteiger partial charge in [0.15, 0.2) is 0 Å². The predicted molar refractivity (Wildman–Crippen MR) is 79.1 cm³/mol. The number of nitrogens with two attached hydrogens (primary N) is 1. The second-order valence-corrected chi connectivity index (χ2v) is 4.71. The molecule has 2 aromatic carbocycles. The minimum atomic E-state index is -0.119. The van der Waals surface area contributed by atoms with Crippen LogP contribution in [0.15, 0.2) is 36.4 Å². The van der Waals surface area contributed by atoms with E-state index in [1.165, 1.54) is 6.92 Å². The number of hydrogen-bond donors (Lipinski definition) is 2. The summed E-state index contributed by atoms with van der Waals surface area (Å²) in [6, 6.07) is 12.0. The van der Waals surface area contributed by atoms with Crippen molar-refractivity contribution in [2.24, 2.45) is 7.05 Å². The summed E-state index contributed by atoms with van der Waals surface area (Å²) in [4.78, 5) is 11.2. The molecule has 0 bridgehead atoms. The van der Waals surface area contributed by atoms with Gasteiger partial charge in [-0.15, -0.1) is 0 Å². The fourth-order valence-corrected chi connectivity index (χ4v) is 2.52. The SMILES string of the molecule is CC(=O)Nc1cc2c3ccccc3n(C)c2cc1N. The van der Waals surface area contributed by atoms with Gasteiger partial charge in [-0.2, -0.15) is 0 Å². The van der Waals surface area contributed by atoms with E-state index in [-0.39, 0.29) is 5.91 Å². The summed E-state index contributed by atoms with van der Waals surface area (Å²) >= 11 is 0. The predicted octanol–water partition coefficient (Wildman–Crippen LogP) is 2.87. The number of fused-ring (bicyclic) bond motifs is 3. The van der Waals surface area contributed by atoms with Crippen molar-refractivity contribution < 1.29 is 4.79 Å². The molecule has 0 aliphatic heterocycles. The number of nitrogens with one attached hydrogen (secondary N) is 1. The van der Waals surface area contributed by atoms with Gasteiger partial charge in [0.1, 0.15) is 0 Å². The fourth-order valence-electron chi connectivity index (χ4n) is 2.52. The monoisotopic (exact) mass is 253 g/mol. The van der Waals surface area contributed by atoms with Gasteiger partial charge < -0.3 is 15.6 Å². The Kier molecular flexibility index (Phi) is 2.45. The number of para-hydroxylation sites is 1. The maximum absolute atomic E-state index is 11.2. The average Bonchev–Trinajstić information content (AvgIpc) is 2.64. The van der Waals surface area contributed by atoms with Gasteiger partial charge in [0, 0.05) is 30.3 Å². The Morgan fingerprint density at radius 2 is 1.89 bits per heavy atom. The van der Waals surface area contributed by atoms with E-state index in [0.717, 1.165) is 21.8 Å². The molecule has 1 amide bonds. The Bertz CT molecular complexity index is 802. The van der Waals surface area contributed by atoms with Crippen LogP contribution in [-0.2, 0) is 11.8 Å². The van der Waals surface area contributed by atoms with Crippen LogP contribution in [0.2, 0.25) is 0 Å². The Labute approximate surface area is 110 Å². The molecule has 0 radical (unpaired) electrons. The van der Waals surface area contributed by atoms with Gasteiger partial charge in [-0.3, -0.25) is 4.79 Å². The molecule has 96 valence electrons. The van der Waals surface area contributed by atoms with E-state index in [1.807, 2.05) is 31.3 Å². The molecular weight excluding hydrogens is 238 g/mol. The average molecular weight is 253 g/mol. The van der Waals surface area contributed by atoms with Crippen LogP contribution in [0.4, 0.5) is 11.4 Å². The van der Waals surface area contributed by atoms with Crippen LogP contribution >= 0.6 is 0 Å². The molecule has 0 spiro atoms. The lowest BCUT2D eigenvalue weighted by molar-refractivity contribution is -0.114. The second-order valence-electron chi connectivity index (χ2n) is 4.71. The molecule has 19 heavy (non-hydrogen) atoms. The second kappa shape index (κ2) is 4.02. The molecule has 1 aromatic heterocycles. The van der Waals surface area contributed by atoms with E-state index in [0.29, 0.717) is 11.4 Å². The first-order valence-electron chi connectivity index (χ1n) is 6.12. The summed E-state index contributed by atoms with van der Waals surface area (Å²) in [7, 11) is 2.02. The van der Waals surface area contributed by atoms with Crippen molar-refractivity contribution in [2.75, 3.05) is 11.1 Å². The third-order valence-corrected chi connectivity index (χ3v) is 3.40. The third kappa shape index (κ3) is 1.73. The summed E-state index contributed by atoms with van der Waals surface area (Å²) in [5, 5.41) is 5.02. The number of aryl methyl sites for hydroxylation is 1. The summed E-state index contributed by atoms with van der Waals surface area (Å²) in [6.07, 6.45) is 0. The molecule has 3 N–H and O–H groups in total. The number of carbonyl (C=O) groups excluding carboxylic acids is 1. The highest BCUT2D eigenvalue weighted by Crippen LogP contribution is 2.33. The lowest BCUT2D eigenvalue weighted by Gasteiger charge is -2.07. The molecule has 0 fully saturated rings. The summed E-state index contributed by atoms with van der Waals surface area (Å²) < 4.78 is 2.11. The number of anilines is 2. The number of hydrogen-bond acceptors (Lipinski definition) is 2. The third-order valence-electron chi connectivity index (χ3n) is 3.40. The van der Waals surface area contributed by atoms with Crippen LogP contribution in [0.5, 0.6) is 0 Å². The zero-order valence-corrected chi connectivity index (χ0v) is 10.9. The van der Waals surface area contributed by atoms with Crippen molar-refractivity contribution in [2.45, 2.75) is 6.92 Å². The van der Waals surface area contributed by atoms with Crippen molar-refractivity contribution in [1.29, 1.82) is 0 Å². The van der Waals surface area contributed by atoms with E-state index in [1.54, 1.807) is 0 Å². The van der Waals surface area contributed by atoms with Gasteiger partial charge in [0.05, 0.1) is 16.9 Å². The van der Waals surface area contributed by atoms with Gasteiger partial charge in [-0.25, -0.2) is 0 Å². The molecule has 0 unspecified atom stereocenters. The fraction of sp³-hybridized carbons (Fsp3) is 0.133. The molecule has 0 atom stereocenters. The Morgan fingerprint density at radius 1 is 1.16 bits per heavy atom. The van der Waals surface area contributed by atoms with Crippen molar-refractivity contribution in [3.05, 3.63) is 36.4 Å². The molecule has 0 saturated heterocycles. The topological polar surface area (TPSA) is 60.0 Å². The number of amides is 1. The van der Waals surface area contributed by atoms with Crippen LogP contribution in [-0.4, -0.2) is 10.5 Å². The van der Waals surface area contributed by atoms with Crippen molar-refractivity contribution in [3.63, 3.8) is 0 Å². The normalized spacial score (nSPS) is 11.1. The maximum Gasteiger partial charge on any atom is 0.221 e. The molecule has 3 rings (SSSR count). The van der Waals surface area contributed by atoms with E-state index in [2.05, 4.69) is 22.0 Å². The molecule has 0 aliphatic carbocycles. The summed E-state index contributed by atoms with van der Waals surface area (Å²) in [5.74, 6) is -0.119. The number of benzene rings is 2. The number of aromatic nitrogens is 1. The van der Waals surface area contributed by atoms with Crippen LogP contribution in [0.1, 0.15) is 6.92 Å². The molecular formula is C15H15N3O. The Morgan fingerprint density at radius 3 is 2.63 bits per heavy atom. The first kappa shape index (κ1) is 11.6. The molecule has 0 aliphatic rings. The molecule has 1 heterocycles. The minimum Gasteiger partial charge on any atom is -0.397 e. The zero-order valence-electron chi connectivity index (χ0n) is 10.9. The smallest absolute Gasteiger partial charge is 0.221 e. The first-order valence-corrected chi connectivity index (χ1v) is 6.12. The molecule has 0 saturated carbocycles. The van der Waals surface area contributed by atoms with Gasteiger partial charge in [-0.05, 0) is 18.2 Å². The van der Waals surface area contributed by atoms with Crippen LogP contribution in [0, 0.1) is 0 Å². The van der Waals surface area contributed by atoms with E-state index >= 15 is 0 Å². The Hall–Kier alpha value is -2.49. The number of rotatable bonds is 1. The van der Waals surface area contributed by atoms with Gasteiger partial charge >= 0.3 is 0 Å². The molecule has 3 aromatic rings. The van der Waals surface area contributed by atoms with E-state index in [9.17, 15) is 4.79 Å². The molecule has 4 nitrogen and oxygen atoms in total. The summed E-state index contributed by atoms with van der Waals surface area (Å²) in [6.45, 7) is 1.48. The first-order chi connectivity index (χ1) is 9.08. The number of nitrogens with zero attached hydrogens (tertiary/aromatic N) is 1. The van der Waals surface area contributed by atoms with Crippen LogP contribution in [0.3, 0.4) is 0 Å². The highest BCUT2D eigenvalue weighted by Gasteiger charge is 2.11. The number of carbonyl (C=O) groups is 1. The van der Waals surface area contributed by atoms with E-state index in [4.69, 9.17) is 5.73 Å². The summed E-state index contributed by atoms with van der Waals surface area (Å²) in [5.41, 5.74) is 9.45. The molecule has 4 heteroatoms. The van der Waals surface area contributed by atoms with Crippen LogP contribution < -0.4 is 11.1 Å². The van der Waals surface area contributed by atoms with Gasteiger partial charge in [0.25, 0.3) is 0 Å². The largest absolute Gasteiger partial charge is 0.397 e. The van der Waals surface area contributed by atoms with Crippen molar-refractivity contribution in [1.82, 2.24) is 4.57 Å². The number of nitrogen functional groups attached to an aromatic ring is 1. The van der Waals surface area contributed by atoms with E-state index < -0.39 is 0 Å². The Balaban J connectivity index is 2.38. The minimum absolute atomic E-state index is 0.119. The standard InChI is InChI=1S/C15H15N3O/c1-9(19)17-13-7-11-10-5-3-4-6-14(10)18(2)15(11)8-12(13)16/h3-8H,16H2,1-2H3,(H,17,19). The van der Waals surface area contributed by atoms with Crippen LogP contribution in [0.25, 0.3) is 21.8 Å². The maximum atomic E-state index is 11.2. The lowest BCUT2D eigenvalue weighted by atomic mass is 10.1. The quantitative estimate of drug-likeness (QED) is 0.655. The zero-order chi connectivity index (χ0) is 13.6. The lowest BCUT2D eigenvalue weighted by Crippen LogP contribution is -2.08. The highest BCUT2D eigenvalue weighted by atomic mass is 16.1. The van der Waals surface area contributed by atoms with Crippen molar-refractivity contribution in [3.8, 4) is 0 Å². The van der Waals surface area contributed by atoms with Gasteiger partial charge in [0.2, 0.25) is 5.91 Å². The highest BCUT2D eigenvalue weighted by molar-refractivity contribution is 6.11. The van der Waals surface area contributed by atoms with Gasteiger partial charge in [-0.1, -0.05) is 18.2 Å². The van der Waals surface area contributed by atoms with Crippen molar-refractivity contribution >= 4 is 39.1 Å².